The first-order valence-electron chi connectivity index (χ1n) is 9.30. The lowest BCUT2D eigenvalue weighted by Crippen LogP contribution is -2.49. The minimum atomic E-state index is -0.956. The first-order chi connectivity index (χ1) is 13.0. The molecule has 3 rings (SSSR count). The molecule has 1 fully saturated rings. The van der Waals surface area contributed by atoms with Crippen LogP contribution in [0.25, 0.3) is 11.0 Å². The Kier molecular flexibility index (Phi) is 5.95. The quantitative estimate of drug-likeness (QED) is 0.787. The van der Waals surface area contributed by atoms with Crippen LogP contribution >= 0.6 is 0 Å². The Bertz CT molecular complexity index is 885. The number of aliphatic carboxylic acids is 1. The van der Waals surface area contributed by atoms with Crippen molar-refractivity contribution < 1.29 is 19.4 Å². The highest BCUT2D eigenvalue weighted by Crippen LogP contribution is 2.16. The molecule has 27 heavy (non-hydrogen) atoms. The van der Waals surface area contributed by atoms with Gasteiger partial charge in [-0.2, -0.15) is 0 Å². The number of hydrogen-bond donors (Lipinski definition) is 1. The molecule has 0 aliphatic carbocycles. The molecule has 1 amide bonds. The van der Waals surface area contributed by atoms with Crippen LogP contribution in [0.15, 0.2) is 29.1 Å². The maximum absolute atomic E-state index is 12.8. The Labute approximate surface area is 156 Å². The molecule has 2 aromatic rings. The molecule has 1 aromatic carbocycles. The summed E-state index contributed by atoms with van der Waals surface area (Å²) in [6.07, 6.45) is 0.856. The molecule has 0 saturated carbocycles. The molecule has 0 spiro atoms. The third-order valence-corrected chi connectivity index (χ3v) is 4.88. The molecule has 2 heterocycles. The molecule has 1 atom stereocenters. The van der Waals surface area contributed by atoms with Crippen LogP contribution in [0.1, 0.15) is 26.2 Å². The van der Waals surface area contributed by atoms with E-state index < -0.39 is 12.0 Å². The minimum absolute atomic E-state index is 0.116. The van der Waals surface area contributed by atoms with Gasteiger partial charge >= 0.3 is 11.7 Å². The summed E-state index contributed by atoms with van der Waals surface area (Å²) in [4.78, 5) is 38.1. The Morgan fingerprint density at radius 2 is 1.85 bits per heavy atom. The molecular weight excluding hydrogens is 350 g/mol. The van der Waals surface area contributed by atoms with E-state index in [1.807, 2.05) is 31.2 Å². The average molecular weight is 375 g/mol. The summed E-state index contributed by atoms with van der Waals surface area (Å²) in [6.45, 7) is 3.92. The lowest BCUT2D eigenvalue weighted by molar-refractivity contribution is -0.146. The monoisotopic (exact) mass is 375 g/mol. The molecule has 8 heteroatoms. The maximum atomic E-state index is 12.8. The number of amides is 1. The van der Waals surface area contributed by atoms with Crippen LogP contribution in [0, 0.1) is 0 Å². The molecule has 1 N–H and O–H groups in total. The topological polar surface area (TPSA) is 93.8 Å². The van der Waals surface area contributed by atoms with Crippen LogP contribution in [0.5, 0.6) is 0 Å². The molecule has 1 aromatic heterocycles. The number of morpholine rings is 1. The number of fused-ring (bicyclic) bond motifs is 1. The summed E-state index contributed by atoms with van der Waals surface area (Å²) in [7, 11) is 0. The molecule has 146 valence electrons. The second-order valence-corrected chi connectivity index (χ2v) is 6.74. The first-order valence-corrected chi connectivity index (χ1v) is 9.30. The number of carboxylic acids is 1. The number of nitrogens with zero attached hydrogens (tertiary/aromatic N) is 3. The van der Waals surface area contributed by atoms with Crippen LogP contribution in [0.4, 0.5) is 0 Å². The lowest BCUT2D eigenvalue weighted by Gasteiger charge is -2.35. The van der Waals surface area contributed by atoms with Crippen molar-refractivity contribution in [2.45, 2.75) is 45.3 Å². The van der Waals surface area contributed by atoms with Crippen molar-refractivity contribution in [3.8, 4) is 0 Å². The van der Waals surface area contributed by atoms with Crippen molar-refractivity contribution in [3.05, 3.63) is 34.7 Å². The van der Waals surface area contributed by atoms with Crippen molar-refractivity contribution >= 4 is 22.9 Å². The van der Waals surface area contributed by atoms with Crippen LogP contribution in [0.3, 0.4) is 0 Å². The second kappa shape index (κ2) is 8.39. The maximum Gasteiger partial charge on any atom is 0.329 e. The number of carbonyl (C=O) groups excluding carboxylic acids is 1. The molecular formula is C19H25N3O5. The van der Waals surface area contributed by atoms with Gasteiger partial charge in [-0.3, -0.25) is 18.7 Å². The van der Waals surface area contributed by atoms with Crippen molar-refractivity contribution in [1.82, 2.24) is 14.0 Å². The minimum Gasteiger partial charge on any atom is -0.481 e. The van der Waals surface area contributed by atoms with E-state index in [4.69, 9.17) is 9.84 Å². The normalized spacial score (nSPS) is 17.4. The van der Waals surface area contributed by atoms with Crippen LogP contribution in [-0.4, -0.2) is 56.8 Å². The van der Waals surface area contributed by atoms with E-state index >= 15 is 0 Å². The number of carboxylic acid groups (broad SMARTS) is 1. The Balaban J connectivity index is 1.78. The van der Waals surface area contributed by atoms with Gasteiger partial charge in [0.25, 0.3) is 0 Å². The first kappa shape index (κ1) is 19.2. The fourth-order valence-electron chi connectivity index (χ4n) is 3.63. The summed E-state index contributed by atoms with van der Waals surface area (Å²) in [5.41, 5.74) is 1.56. The van der Waals surface area contributed by atoms with E-state index in [0.717, 1.165) is 17.5 Å². The number of benzene rings is 1. The number of carbonyl (C=O) groups is 2. The summed E-state index contributed by atoms with van der Waals surface area (Å²) in [5.74, 6) is -1.11. The summed E-state index contributed by atoms with van der Waals surface area (Å²) < 4.78 is 8.69. The molecule has 1 saturated heterocycles. The summed E-state index contributed by atoms with van der Waals surface area (Å²) >= 11 is 0. The van der Waals surface area contributed by atoms with Gasteiger partial charge in [0.05, 0.1) is 36.7 Å². The average Bonchev–Trinajstić information content (AvgIpc) is 2.92. The van der Waals surface area contributed by atoms with Crippen molar-refractivity contribution in [2.75, 3.05) is 19.8 Å². The summed E-state index contributed by atoms with van der Waals surface area (Å²) in [5, 5.41) is 9.04. The van der Waals surface area contributed by atoms with E-state index in [9.17, 15) is 14.4 Å². The van der Waals surface area contributed by atoms with E-state index in [1.54, 1.807) is 14.0 Å². The highest BCUT2D eigenvalue weighted by molar-refractivity contribution is 5.79. The Morgan fingerprint density at radius 1 is 1.19 bits per heavy atom. The van der Waals surface area contributed by atoms with Gasteiger partial charge in [-0.1, -0.05) is 19.1 Å². The fourth-order valence-corrected chi connectivity index (χ4v) is 3.63. The second-order valence-electron chi connectivity index (χ2n) is 6.74. The van der Waals surface area contributed by atoms with Gasteiger partial charge in [-0.15, -0.1) is 0 Å². The smallest absolute Gasteiger partial charge is 0.329 e. The van der Waals surface area contributed by atoms with Gasteiger partial charge in [-0.05, 0) is 18.6 Å². The number of para-hydroxylation sites is 2. The number of hydrogen-bond acceptors (Lipinski definition) is 4. The largest absolute Gasteiger partial charge is 0.481 e. The number of ether oxygens (including phenoxy) is 1. The van der Waals surface area contributed by atoms with E-state index in [2.05, 4.69) is 0 Å². The SMILES string of the molecule is CCCn1c(=O)n(CCC(=O)N2CCOCC2CC(=O)O)c2ccccc21. The highest BCUT2D eigenvalue weighted by atomic mass is 16.5. The zero-order valence-electron chi connectivity index (χ0n) is 15.5. The predicted molar refractivity (Wildman–Crippen MR) is 99.7 cm³/mol. The summed E-state index contributed by atoms with van der Waals surface area (Å²) in [6, 6.07) is 7.11. The molecule has 0 radical (unpaired) electrons. The van der Waals surface area contributed by atoms with Crippen LogP contribution < -0.4 is 5.69 Å². The van der Waals surface area contributed by atoms with E-state index in [-0.39, 0.29) is 37.6 Å². The lowest BCUT2D eigenvalue weighted by atomic mass is 10.1. The third kappa shape index (κ3) is 4.05. The Hall–Kier alpha value is -2.61. The predicted octanol–water partition coefficient (Wildman–Crippen LogP) is 1.31. The molecule has 8 nitrogen and oxygen atoms in total. The van der Waals surface area contributed by atoms with Gasteiger partial charge in [0, 0.05) is 26.1 Å². The number of aromatic nitrogens is 2. The van der Waals surface area contributed by atoms with E-state index in [0.29, 0.717) is 19.7 Å². The van der Waals surface area contributed by atoms with Crippen molar-refractivity contribution in [3.63, 3.8) is 0 Å². The zero-order chi connectivity index (χ0) is 19.4. The van der Waals surface area contributed by atoms with Gasteiger partial charge in [0.1, 0.15) is 0 Å². The number of aryl methyl sites for hydroxylation is 2. The Morgan fingerprint density at radius 3 is 2.48 bits per heavy atom. The number of imidazole rings is 1. The zero-order valence-corrected chi connectivity index (χ0v) is 15.5. The molecule has 0 bridgehead atoms. The van der Waals surface area contributed by atoms with Gasteiger partial charge < -0.3 is 14.7 Å². The molecule has 1 aliphatic heterocycles. The van der Waals surface area contributed by atoms with Crippen molar-refractivity contribution in [2.24, 2.45) is 0 Å². The van der Waals surface area contributed by atoms with Gasteiger partial charge in [0.15, 0.2) is 0 Å². The van der Waals surface area contributed by atoms with E-state index in [1.165, 1.54) is 0 Å². The molecule has 1 unspecified atom stereocenters. The molecule has 1 aliphatic rings. The van der Waals surface area contributed by atoms with Gasteiger partial charge in [-0.25, -0.2) is 4.79 Å². The fraction of sp³-hybridized carbons (Fsp3) is 0.526. The number of rotatable bonds is 7. The highest BCUT2D eigenvalue weighted by Gasteiger charge is 2.29. The third-order valence-electron chi connectivity index (χ3n) is 4.88. The standard InChI is InChI=1S/C19H25N3O5/c1-2-8-21-15-5-3-4-6-16(15)22(19(21)26)9-7-17(23)20-10-11-27-13-14(20)12-18(24)25/h3-6,14H,2,7-13H2,1H3,(H,24,25). The van der Waals surface area contributed by atoms with Crippen LogP contribution in [-0.2, 0) is 27.4 Å². The van der Waals surface area contributed by atoms with Crippen LogP contribution in [0.2, 0.25) is 0 Å². The van der Waals surface area contributed by atoms with Gasteiger partial charge in [0.2, 0.25) is 5.91 Å². The van der Waals surface area contributed by atoms with Crippen molar-refractivity contribution in [1.29, 1.82) is 0 Å².